The van der Waals surface area contributed by atoms with Gasteiger partial charge >= 0.3 is 0 Å². The highest BCUT2D eigenvalue weighted by Gasteiger charge is 2.48. The Labute approximate surface area is 229 Å². The van der Waals surface area contributed by atoms with Crippen molar-refractivity contribution in [2.24, 2.45) is 0 Å². The number of rotatable bonds is 4. The van der Waals surface area contributed by atoms with Gasteiger partial charge in [0, 0.05) is 5.56 Å². The van der Waals surface area contributed by atoms with Crippen molar-refractivity contribution in [3.8, 4) is 34.3 Å². The van der Waals surface area contributed by atoms with E-state index in [9.17, 15) is 61.0 Å². The fourth-order valence-electron chi connectivity index (χ4n) is 5.17. The number of ether oxygens (including phenoxy) is 2. The predicted molar refractivity (Wildman–Crippen MR) is 134 cm³/mol. The van der Waals surface area contributed by atoms with Crippen molar-refractivity contribution in [1.29, 1.82) is 0 Å². The number of phenolic OH excluding ortho intramolecular Hbond substituents is 3. The van der Waals surface area contributed by atoms with E-state index in [-0.39, 0.29) is 11.3 Å². The minimum absolute atomic E-state index is 0.0604. The van der Waals surface area contributed by atoms with Gasteiger partial charge in [-0.3, -0.25) is 4.79 Å². The number of phenols is 3. The number of fused-ring (bicyclic) bond motifs is 1. The molecule has 0 radical (unpaired) electrons. The third kappa shape index (κ3) is 4.57. The average Bonchev–Trinajstić information content (AvgIpc) is 2.95. The van der Waals surface area contributed by atoms with Crippen LogP contribution in [0.25, 0.3) is 22.3 Å². The Morgan fingerprint density at radius 1 is 0.732 bits per heavy atom. The second-order valence-electron chi connectivity index (χ2n) is 9.94. The molecule has 41 heavy (non-hydrogen) atoms. The zero-order valence-corrected chi connectivity index (χ0v) is 21.0. The maximum atomic E-state index is 13.5. The average molecular weight is 580 g/mol. The lowest BCUT2D eigenvalue weighted by Crippen LogP contribution is -2.55. The van der Waals surface area contributed by atoms with E-state index >= 15 is 0 Å². The molecule has 0 spiro atoms. The largest absolute Gasteiger partial charge is 0.508 e. The van der Waals surface area contributed by atoms with Gasteiger partial charge in [0.1, 0.15) is 77.6 Å². The molecule has 15 heteroatoms. The summed E-state index contributed by atoms with van der Waals surface area (Å²) in [4.78, 5) is 13.5. The van der Waals surface area contributed by atoms with Crippen molar-refractivity contribution in [1.82, 2.24) is 0 Å². The summed E-state index contributed by atoms with van der Waals surface area (Å²) in [7, 11) is 0. The quantitative estimate of drug-likeness (QED) is 0.158. The van der Waals surface area contributed by atoms with Gasteiger partial charge in [-0.1, -0.05) is 0 Å². The lowest BCUT2D eigenvalue weighted by atomic mass is 9.85. The van der Waals surface area contributed by atoms with Crippen molar-refractivity contribution in [3.05, 3.63) is 45.6 Å². The molecule has 2 fully saturated rings. The van der Waals surface area contributed by atoms with Crippen molar-refractivity contribution >= 4 is 11.0 Å². The van der Waals surface area contributed by atoms with Crippen LogP contribution in [0.15, 0.2) is 33.5 Å². The smallest absolute Gasteiger partial charge is 0.238 e. The van der Waals surface area contributed by atoms with Crippen LogP contribution in [0.5, 0.6) is 23.0 Å². The second-order valence-corrected chi connectivity index (χ2v) is 9.94. The van der Waals surface area contributed by atoms with Gasteiger partial charge in [0.05, 0.1) is 24.3 Å². The Hall–Kier alpha value is -3.51. The molecule has 2 aromatic carbocycles. The van der Waals surface area contributed by atoms with Crippen LogP contribution < -0.4 is 5.43 Å². The predicted octanol–water partition coefficient (Wildman–Crippen LogP) is -2.05. The molecule has 1 aromatic heterocycles. The van der Waals surface area contributed by atoms with Crippen LogP contribution in [-0.4, -0.2) is 112 Å². The van der Waals surface area contributed by atoms with Crippen LogP contribution in [-0.2, 0) is 9.47 Å². The first-order valence-corrected chi connectivity index (χ1v) is 12.4. The molecule has 9 atom stereocenters. The molecule has 2 saturated heterocycles. The third-order valence-electron chi connectivity index (χ3n) is 7.43. The van der Waals surface area contributed by atoms with Crippen LogP contribution >= 0.6 is 0 Å². The van der Waals surface area contributed by atoms with Crippen molar-refractivity contribution in [2.75, 3.05) is 13.2 Å². The Kier molecular flexibility index (Phi) is 7.58. The molecular weight excluding hydrogens is 552 g/mol. The van der Waals surface area contributed by atoms with E-state index in [2.05, 4.69) is 0 Å². The summed E-state index contributed by atoms with van der Waals surface area (Å²) in [5, 5.41) is 114. The van der Waals surface area contributed by atoms with Crippen molar-refractivity contribution < 1.29 is 70.1 Å². The monoisotopic (exact) mass is 580 g/mol. The molecule has 0 amide bonds. The molecule has 15 nitrogen and oxygen atoms in total. The summed E-state index contributed by atoms with van der Waals surface area (Å²) in [5.74, 6) is -3.73. The number of hydrogen-bond donors (Lipinski definition) is 11. The van der Waals surface area contributed by atoms with Gasteiger partial charge in [-0.15, -0.1) is 0 Å². The van der Waals surface area contributed by atoms with E-state index in [4.69, 9.17) is 13.9 Å². The third-order valence-corrected chi connectivity index (χ3v) is 7.43. The maximum absolute atomic E-state index is 13.5. The fourth-order valence-corrected chi connectivity index (χ4v) is 5.17. The highest BCUT2D eigenvalue weighted by atomic mass is 16.5. The summed E-state index contributed by atoms with van der Waals surface area (Å²) in [5.41, 5.74) is -3.19. The van der Waals surface area contributed by atoms with Crippen LogP contribution in [0.2, 0.25) is 0 Å². The van der Waals surface area contributed by atoms with Gasteiger partial charge in [-0.05, 0) is 24.3 Å². The molecule has 2 aliphatic heterocycles. The first-order chi connectivity index (χ1) is 19.4. The minimum Gasteiger partial charge on any atom is -0.508 e. The van der Waals surface area contributed by atoms with E-state index in [1.54, 1.807) is 0 Å². The summed E-state index contributed by atoms with van der Waals surface area (Å²) in [6.07, 6.45) is -16.2. The topological polar surface area (TPSA) is 271 Å². The van der Waals surface area contributed by atoms with E-state index in [0.717, 1.165) is 0 Å². The van der Waals surface area contributed by atoms with Gasteiger partial charge in [0.15, 0.2) is 11.3 Å². The Morgan fingerprint density at radius 2 is 1.37 bits per heavy atom. The van der Waals surface area contributed by atoms with Crippen LogP contribution in [0.1, 0.15) is 23.3 Å². The van der Waals surface area contributed by atoms with Crippen LogP contribution in [0.3, 0.4) is 0 Å². The molecule has 0 aliphatic carbocycles. The Balaban J connectivity index is 1.85. The SMILES string of the molecule is O=c1c(O)c(-c2ccc(O)cc2)oc2c([C@@H]3O[C@H](CO)[C@@H](O)[C@H](O)[C@H]3O)c(O)c([C@@H]3OC[C@@H](O)[C@H](O)[C@H]3O)c(O)c12. The molecule has 11 N–H and O–H groups in total. The summed E-state index contributed by atoms with van der Waals surface area (Å²) in [6, 6.07) is 4.99. The van der Waals surface area contributed by atoms with Crippen LogP contribution in [0, 0.1) is 0 Å². The van der Waals surface area contributed by atoms with Crippen molar-refractivity contribution in [3.63, 3.8) is 0 Å². The highest BCUT2D eigenvalue weighted by molar-refractivity contribution is 5.93. The fraction of sp³-hybridized carbons (Fsp3) is 0.423. The molecule has 222 valence electrons. The van der Waals surface area contributed by atoms with Gasteiger partial charge in [0.2, 0.25) is 11.2 Å². The van der Waals surface area contributed by atoms with Gasteiger partial charge in [-0.25, -0.2) is 0 Å². The highest BCUT2D eigenvalue weighted by Crippen LogP contribution is 2.51. The molecule has 3 aromatic rings. The zero-order valence-electron chi connectivity index (χ0n) is 21.0. The number of benzene rings is 2. The Morgan fingerprint density at radius 3 is 2.00 bits per heavy atom. The molecule has 0 unspecified atom stereocenters. The summed E-state index contributed by atoms with van der Waals surface area (Å²) < 4.78 is 16.7. The lowest BCUT2D eigenvalue weighted by Gasteiger charge is -2.41. The zero-order chi connectivity index (χ0) is 29.9. The number of aliphatic hydroxyl groups is 7. The molecule has 2 aliphatic rings. The molecule has 5 rings (SSSR count). The van der Waals surface area contributed by atoms with Gasteiger partial charge in [-0.2, -0.15) is 0 Å². The normalized spacial score (nSPS) is 32.3. The van der Waals surface area contributed by atoms with E-state index < -0.39 is 119 Å². The van der Waals surface area contributed by atoms with Gasteiger partial charge in [0.25, 0.3) is 0 Å². The first-order valence-electron chi connectivity index (χ1n) is 12.4. The van der Waals surface area contributed by atoms with Gasteiger partial charge < -0.3 is 70.1 Å². The number of aliphatic hydroxyl groups excluding tert-OH is 7. The standard InChI is InChI=1S/C26H28O15/c27-5-10-15(31)19(35)22(38)26(40-10)13-17(33)11(25-20(36)14(30)9(29)6-39-25)16(32)12-18(34)21(37)23(41-24(12)13)7-1-3-8(28)4-2-7/h1-4,9-10,14-15,19-20,22,25-33,35-38H,5-6H2/t9-,10-,14+,15-,19+,20-,22-,25+,26+/m1/s1. The van der Waals surface area contributed by atoms with E-state index in [1.807, 2.05) is 0 Å². The molecule has 0 saturated carbocycles. The summed E-state index contributed by atoms with van der Waals surface area (Å²) >= 11 is 0. The Bertz CT molecular complexity index is 1500. The first kappa shape index (κ1) is 29.0. The molecule has 0 bridgehead atoms. The maximum Gasteiger partial charge on any atom is 0.238 e. The number of aromatic hydroxyl groups is 4. The van der Waals surface area contributed by atoms with E-state index in [0.29, 0.717) is 0 Å². The van der Waals surface area contributed by atoms with E-state index in [1.165, 1.54) is 24.3 Å². The second kappa shape index (κ2) is 10.7. The van der Waals surface area contributed by atoms with Crippen molar-refractivity contribution in [2.45, 2.75) is 54.9 Å². The van der Waals surface area contributed by atoms with Crippen LogP contribution in [0.4, 0.5) is 0 Å². The molecule has 3 heterocycles. The number of hydrogen-bond acceptors (Lipinski definition) is 15. The lowest BCUT2D eigenvalue weighted by molar-refractivity contribution is -0.231. The summed E-state index contributed by atoms with van der Waals surface area (Å²) in [6.45, 7) is -1.43. The molecular formula is C26H28O15. The minimum atomic E-state index is -2.03.